The van der Waals surface area contributed by atoms with Crippen LogP contribution < -0.4 is 10.6 Å². The Hall–Kier alpha value is -1.40. The first-order valence-electron chi connectivity index (χ1n) is 7.04. The molecule has 1 aromatic carbocycles. The van der Waals surface area contributed by atoms with E-state index in [0.29, 0.717) is 23.1 Å². The number of amides is 1. The molecule has 0 aliphatic rings. The van der Waals surface area contributed by atoms with Gasteiger partial charge in [-0.15, -0.1) is 11.3 Å². The SMILES string of the molecule is COCCNCCNC(=O)c1ccc(-c2ccc(Cl)cc2)s1. The molecule has 0 radical (unpaired) electrons. The first-order valence-corrected chi connectivity index (χ1v) is 8.24. The Bertz CT molecular complexity index is 598. The van der Waals surface area contributed by atoms with Crippen LogP contribution in [0.1, 0.15) is 9.67 Å². The molecule has 0 aliphatic carbocycles. The number of carbonyl (C=O) groups is 1. The van der Waals surface area contributed by atoms with Crippen molar-refractivity contribution in [3.63, 3.8) is 0 Å². The van der Waals surface area contributed by atoms with Gasteiger partial charge >= 0.3 is 0 Å². The van der Waals surface area contributed by atoms with Crippen LogP contribution in [0.25, 0.3) is 10.4 Å². The minimum absolute atomic E-state index is 0.0428. The van der Waals surface area contributed by atoms with E-state index in [1.807, 2.05) is 36.4 Å². The van der Waals surface area contributed by atoms with Gasteiger partial charge in [-0.1, -0.05) is 23.7 Å². The largest absolute Gasteiger partial charge is 0.383 e. The molecule has 0 unspecified atom stereocenters. The van der Waals surface area contributed by atoms with Crippen molar-refractivity contribution in [1.29, 1.82) is 0 Å². The van der Waals surface area contributed by atoms with Gasteiger partial charge in [0.15, 0.2) is 0 Å². The number of rotatable bonds is 8. The zero-order valence-electron chi connectivity index (χ0n) is 12.4. The fourth-order valence-corrected chi connectivity index (χ4v) is 2.93. The molecule has 6 heteroatoms. The number of methoxy groups -OCH3 is 1. The van der Waals surface area contributed by atoms with Gasteiger partial charge in [-0.25, -0.2) is 0 Å². The van der Waals surface area contributed by atoms with Crippen molar-refractivity contribution in [3.8, 4) is 10.4 Å². The molecule has 0 atom stereocenters. The maximum Gasteiger partial charge on any atom is 0.261 e. The van der Waals surface area contributed by atoms with Crippen molar-refractivity contribution in [3.05, 3.63) is 46.3 Å². The predicted molar refractivity (Wildman–Crippen MR) is 91.8 cm³/mol. The second-order valence-electron chi connectivity index (χ2n) is 4.67. The topological polar surface area (TPSA) is 50.4 Å². The molecule has 1 amide bonds. The Morgan fingerprint density at radius 1 is 1.14 bits per heavy atom. The summed E-state index contributed by atoms with van der Waals surface area (Å²) in [5, 5.41) is 6.79. The molecule has 1 aromatic heterocycles. The Morgan fingerprint density at radius 3 is 2.64 bits per heavy atom. The Morgan fingerprint density at radius 2 is 1.91 bits per heavy atom. The highest BCUT2D eigenvalue weighted by Crippen LogP contribution is 2.28. The quantitative estimate of drug-likeness (QED) is 0.727. The maximum atomic E-state index is 12.1. The summed E-state index contributed by atoms with van der Waals surface area (Å²) in [6, 6.07) is 11.4. The van der Waals surface area contributed by atoms with E-state index >= 15 is 0 Å². The van der Waals surface area contributed by atoms with Crippen LogP contribution in [0.2, 0.25) is 5.02 Å². The van der Waals surface area contributed by atoms with Crippen molar-refractivity contribution in [1.82, 2.24) is 10.6 Å². The molecule has 0 aliphatic heterocycles. The minimum Gasteiger partial charge on any atom is -0.383 e. The van der Waals surface area contributed by atoms with Gasteiger partial charge in [0.1, 0.15) is 0 Å². The van der Waals surface area contributed by atoms with Gasteiger partial charge in [-0.2, -0.15) is 0 Å². The number of benzene rings is 1. The first-order chi connectivity index (χ1) is 10.7. The zero-order valence-corrected chi connectivity index (χ0v) is 14.0. The molecule has 22 heavy (non-hydrogen) atoms. The number of hydrogen-bond donors (Lipinski definition) is 2. The van der Waals surface area contributed by atoms with E-state index < -0.39 is 0 Å². The molecule has 0 saturated carbocycles. The van der Waals surface area contributed by atoms with Gasteiger partial charge in [0.2, 0.25) is 0 Å². The van der Waals surface area contributed by atoms with Crippen molar-refractivity contribution in [2.75, 3.05) is 33.4 Å². The van der Waals surface area contributed by atoms with E-state index in [1.54, 1.807) is 7.11 Å². The van der Waals surface area contributed by atoms with E-state index in [1.165, 1.54) is 11.3 Å². The third-order valence-corrected chi connectivity index (χ3v) is 4.41. The molecular formula is C16H19ClN2O2S. The predicted octanol–water partition coefficient (Wildman–Crippen LogP) is 3.03. The Balaban J connectivity index is 1.83. The van der Waals surface area contributed by atoms with E-state index in [4.69, 9.17) is 16.3 Å². The van der Waals surface area contributed by atoms with E-state index in [-0.39, 0.29) is 5.91 Å². The van der Waals surface area contributed by atoms with Crippen molar-refractivity contribution in [2.45, 2.75) is 0 Å². The lowest BCUT2D eigenvalue weighted by Crippen LogP contribution is -2.32. The second kappa shape index (κ2) is 8.90. The van der Waals surface area contributed by atoms with Gasteiger partial charge in [-0.3, -0.25) is 4.79 Å². The highest BCUT2D eigenvalue weighted by Gasteiger charge is 2.09. The monoisotopic (exact) mass is 338 g/mol. The van der Waals surface area contributed by atoms with Crippen LogP contribution in [0.5, 0.6) is 0 Å². The highest BCUT2D eigenvalue weighted by atomic mass is 35.5. The summed E-state index contributed by atoms with van der Waals surface area (Å²) in [5.74, 6) is -0.0428. The van der Waals surface area contributed by atoms with Crippen LogP contribution in [-0.2, 0) is 4.74 Å². The average Bonchev–Trinajstić information content (AvgIpc) is 3.01. The van der Waals surface area contributed by atoms with Gasteiger partial charge in [0.05, 0.1) is 11.5 Å². The smallest absolute Gasteiger partial charge is 0.261 e. The number of thiophene rings is 1. The highest BCUT2D eigenvalue weighted by molar-refractivity contribution is 7.17. The van der Waals surface area contributed by atoms with E-state index in [2.05, 4.69) is 10.6 Å². The number of nitrogens with one attached hydrogen (secondary N) is 2. The normalized spacial score (nSPS) is 10.6. The summed E-state index contributed by atoms with van der Waals surface area (Å²) in [4.78, 5) is 13.8. The number of ether oxygens (including phenoxy) is 1. The van der Waals surface area contributed by atoms with E-state index in [9.17, 15) is 4.79 Å². The average molecular weight is 339 g/mol. The lowest BCUT2D eigenvalue weighted by molar-refractivity contribution is 0.0957. The number of carbonyl (C=O) groups excluding carboxylic acids is 1. The third kappa shape index (κ3) is 5.10. The molecule has 118 valence electrons. The molecule has 1 heterocycles. The van der Waals surface area contributed by atoms with Crippen molar-refractivity contribution >= 4 is 28.8 Å². The summed E-state index contributed by atoms with van der Waals surface area (Å²) in [6.07, 6.45) is 0. The maximum absolute atomic E-state index is 12.1. The van der Waals surface area contributed by atoms with Crippen molar-refractivity contribution < 1.29 is 9.53 Å². The molecule has 0 bridgehead atoms. The fraction of sp³-hybridized carbons (Fsp3) is 0.312. The van der Waals surface area contributed by atoms with Crippen LogP contribution in [0.4, 0.5) is 0 Å². The van der Waals surface area contributed by atoms with Crippen LogP contribution >= 0.6 is 22.9 Å². The number of hydrogen-bond acceptors (Lipinski definition) is 4. The molecule has 2 rings (SSSR count). The second-order valence-corrected chi connectivity index (χ2v) is 6.19. The first kappa shape index (κ1) is 17.0. The molecular weight excluding hydrogens is 320 g/mol. The van der Waals surface area contributed by atoms with E-state index in [0.717, 1.165) is 23.5 Å². The van der Waals surface area contributed by atoms with Crippen LogP contribution in [0, 0.1) is 0 Å². The molecule has 0 fully saturated rings. The number of halogens is 1. The Labute approximate surface area is 139 Å². The summed E-state index contributed by atoms with van der Waals surface area (Å²) in [5.41, 5.74) is 1.06. The molecule has 2 aromatic rings. The van der Waals surface area contributed by atoms with Crippen LogP contribution in [0.15, 0.2) is 36.4 Å². The summed E-state index contributed by atoms with van der Waals surface area (Å²) >= 11 is 7.36. The van der Waals surface area contributed by atoms with Gasteiger partial charge in [-0.05, 0) is 29.8 Å². The third-order valence-electron chi connectivity index (χ3n) is 3.03. The summed E-state index contributed by atoms with van der Waals surface area (Å²) < 4.78 is 4.93. The van der Waals surface area contributed by atoms with Crippen LogP contribution in [-0.4, -0.2) is 39.3 Å². The van der Waals surface area contributed by atoms with Gasteiger partial charge < -0.3 is 15.4 Å². The van der Waals surface area contributed by atoms with Crippen molar-refractivity contribution in [2.24, 2.45) is 0 Å². The molecule has 0 spiro atoms. The molecule has 0 saturated heterocycles. The summed E-state index contributed by atoms with van der Waals surface area (Å²) in [6.45, 7) is 2.77. The minimum atomic E-state index is -0.0428. The Kier molecular flexibility index (Phi) is 6.86. The van der Waals surface area contributed by atoms with Gasteiger partial charge in [0, 0.05) is 36.6 Å². The summed E-state index contributed by atoms with van der Waals surface area (Å²) in [7, 11) is 1.67. The lowest BCUT2D eigenvalue weighted by atomic mass is 10.2. The molecule has 2 N–H and O–H groups in total. The standard InChI is InChI=1S/C16H19ClN2O2S/c1-21-11-10-18-8-9-19-16(20)15-7-6-14(22-15)12-2-4-13(17)5-3-12/h2-7,18H,8-11H2,1H3,(H,19,20). The zero-order chi connectivity index (χ0) is 15.8. The fourth-order valence-electron chi connectivity index (χ4n) is 1.88. The van der Waals surface area contributed by atoms with Crippen LogP contribution in [0.3, 0.4) is 0 Å². The lowest BCUT2D eigenvalue weighted by Gasteiger charge is -2.05. The van der Waals surface area contributed by atoms with Gasteiger partial charge in [0.25, 0.3) is 5.91 Å². The molecule has 4 nitrogen and oxygen atoms in total.